The second-order valence-corrected chi connectivity index (χ2v) is 8.43. The van der Waals surface area contributed by atoms with Crippen LogP contribution < -0.4 is 19.5 Å². The molecule has 0 fully saturated rings. The molecular formula is C27H24N4O3. The van der Waals surface area contributed by atoms with Crippen molar-refractivity contribution < 1.29 is 14.2 Å². The van der Waals surface area contributed by atoms with Gasteiger partial charge >= 0.3 is 0 Å². The van der Waals surface area contributed by atoms with E-state index in [1.807, 2.05) is 41.1 Å². The quantitative estimate of drug-likeness (QED) is 0.461. The van der Waals surface area contributed by atoms with Gasteiger partial charge in [0.05, 0.1) is 19.9 Å². The average molecular weight is 453 g/mol. The molecule has 0 radical (unpaired) electrons. The highest BCUT2D eigenvalue weighted by atomic mass is 16.5. The molecule has 170 valence electrons. The van der Waals surface area contributed by atoms with Crippen molar-refractivity contribution >= 4 is 11.6 Å². The molecule has 0 spiro atoms. The van der Waals surface area contributed by atoms with Gasteiger partial charge in [0.1, 0.15) is 35.7 Å². The number of nitrogens with zero attached hydrogens (tertiary/aromatic N) is 3. The van der Waals surface area contributed by atoms with Gasteiger partial charge in [0.2, 0.25) is 5.95 Å². The number of anilines is 1. The third kappa shape index (κ3) is 3.20. The molecule has 3 heterocycles. The molecule has 2 aliphatic heterocycles. The summed E-state index contributed by atoms with van der Waals surface area (Å²) in [5, 5.41) is 8.13. The van der Waals surface area contributed by atoms with Crippen LogP contribution in [0.25, 0.3) is 5.70 Å². The minimum Gasteiger partial charge on any atom is -0.497 e. The second kappa shape index (κ2) is 7.95. The van der Waals surface area contributed by atoms with E-state index in [1.165, 1.54) is 0 Å². The number of hydrogen-bond donors (Lipinski definition) is 1. The van der Waals surface area contributed by atoms with Crippen LogP contribution in [0.3, 0.4) is 0 Å². The zero-order valence-electron chi connectivity index (χ0n) is 19.1. The molecule has 0 saturated carbocycles. The van der Waals surface area contributed by atoms with Gasteiger partial charge in [-0.2, -0.15) is 10.1 Å². The number of nitrogens with one attached hydrogen (secondary N) is 1. The Labute approximate surface area is 197 Å². The van der Waals surface area contributed by atoms with Crippen LogP contribution >= 0.6 is 0 Å². The Hall–Kier alpha value is -4.26. The lowest BCUT2D eigenvalue weighted by Gasteiger charge is -2.39. The number of rotatable bonds is 4. The van der Waals surface area contributed by atoms with Gasteiger partial charge in [-0.15, -0.1) is 0 Å². The number of fused-ring (bicyclic) bond motifs is 3. The summed E-state index contributed by atoms with van der Waals surface area (Å²) in [7, 11) is 3.34. The Balaban J connectivity index is 1.61. The molecule has 2 atom stereocenters. The van der Waals surface area contributed by atoms with Crippen molar-refractivity contribution in [2.24, 2.45) is 0 Å². The maximum absolute atomic E-state index is 6.69. The lowest BCUT2D eigenvalue weighted by atomic mass is 9.84. The first kappa shape index (κ1) is 20.4. The fourth-order valence-electron chi connectivity index (χ4n) is 4.77. The maximum Gasteiger partial charge on any atom is 0.226 e. The highest BCUT2D eigenvalue weighted by Gasteiger charge is 2.41. The van der Waals surface area contributed by atoms with Crippen molar-refractivity contribution in [2.75, 3.05) is 19.5 Å². The minimum atomic E-state index is -0.350. The van der Waals surface area contributed by atoms with Crippen molar-refractivity contribution in [3.05, 3.63) is 101 Å². The van der Waals surface area contributed by atoms with E-state index in [-0.39, 0.29) is 12.1 Å². The van der Waals surface area contributed by atoms with Crippen LogP contribution in [0.1, 0.15) is 34.4 Å². The Morgan fingerprint density at radius 3 is 2.53 bits per heavy atom. The van der Waals surface area contributed by atoms with Gasteiger partial charge in [-0.1, -0.05) is 35.9 Å². The molecular weight excluding hydrogens is 428 g/mol. The number of benzene rings is 3. The lowest BCUT2D eigenvalue weighted by Crippen LogP contribution is -2.32. The lowest BCUT2D eigenvalue weighted by molar-refractivity contribution is 0.222. The molecule has 1 aromatic heterocycles. The van der Waals surface area contributed by atoms with E-state index in [0.717, 1.165) is 50.8 Å². The SMILES string of the molecule is COc1ccc([C@H]2C3=C(Nc4ncnn42)c2cc(C)ccc2O[C@@H]3c2cccc(OC)c2)cc1. The number of ether oxygens (including phenoxy) is 3. The summed E-state index contributed by atoms with van der Waals surface area (Å²) in [6.45, 7) is 2.08. The van der Waals surface area contributed by atoms with Crippen molar-refractivity contribution in [1.29, 1.82) is 0 Å². The van der Waals surface area contributed by atoms with Gasteiger partial charge in [0.25, 0.3) is 0 Å². The summed E-state index contributed by atoms with van der Waals surface area (Å²) in [6.07, 6.45) is 1.23. The van der Waals surface area contributed by atoms with Crippen LogP contribution in [-0.2, 0) is 0 Å². The largest absolute Gasteiger partial charge is 0.497 e. The first-order valence-corrected chi connectivity index (χ1v) is 11.1. The fraction of sp³-hybridized carbons (Fsp3) is 0.185. The summed E-state index contributed by atoms with van der Waals surface area (Å²) in [6, 6.07) is 22.1. The predicted molar refractivity (Wildman–Crippen MR) is 129 cm³/mol. The van der Waals surface area contributed by atoms with Gasteiger partial charge < -0.3 is 19.5 Å². The Kier molecular flexibility index (Phi) is 4.76. The van der Waals surface area contributed by atoms with Crippen LogP contribution in [0.4, 0.5) is 5.95 Å². The molecule has 4 aromatic rings. The zero-order chi connectivity index (χ0) is 23.2. The first-order valence-electron chi connectivity index (χ1n) is 11.1. The summed E-state index contributed by atoms with van der Waals surface area (Å²) >= 11 is 0. The van der Waals surface area contributed by atoms with E-state index in [1.54, 1.807) is 20.5 Å². The fourth-order valence-corrected chi connectivity index (χ4v) is 4.77. The molecule has 0 saturated heterocycles. The normalized spacial score (nSPS) is 18.2. The second-order valence-electron chi connectivity index (χ2n) is 8.43. The molecule has 0 aliphatic carbocycles. The maximum atomic E-state index is 6.69. The van der Waals surface area contributed by atoms with Gasteiger partial charge in [0.15, 0.2) is 0 Å². The molecule has 6 rings (SSSR count). The predicted octanol–water partition coefficient (Wildman–Crippen LogP) is 5.16. The van der Waals surface area contributed by atoms with Crippen LogP contribution in [-0.4, -0.2) is 29.0 Å². The number of hydrogen-bond acceptors (Lipinski definition) is 6. The molecule has 0 unspecified atom stereocenters. The molecule has 7 heteroatoms. The molecule has 1 N–H and O–H groups in total. The molecule has 0 bridgehead atoms. The summed E-state index contributed by atoms with van der Waals surface area (Å²) < 4.78 is 19.5. The standard InChI is InChI=1S/C27H24N4O3/c1-16-7-12-22-21(13-16)24-23(26(34-22)18-5-4-6-20(14-18)33-3)25(31-27(30-24)28-15-29-31)17-8-10-19(32-2)11-9-17/h4-15,25-26H,1-3H3,(H,28,29,30)/t25-,26+/m0/s1. The average Bonchev–Trinajstić information content (AvgIpc) is 3.35. The van der Waals surface area contributed by atoms with Crippen LogP contribution in [0, 0.1) is 6.92 Å². The highest BCUT2D eigenvalue weighted by Crippen LogP contribution is 2.51. The highest BCUT2D eigenvalue weighted by molar-refractivity contribution is 5.85. The van der Waals surface area contributed by atoms with E-state index in [2.05, 4.69) is 52.7 Å². The third-order valence-corrected chi connectivity index (χ3v) is 6.40. The monoisotopic (exact) mass is 452 g/mol. The first-order chi connectivity index (χ1) is 16.7. The van der Waals surface area contributed by atoms with Crippen LogP contribution in [0.5, 0.6) is 17.2 Å². The Bertz CT molecular complexity index is 1410. The Morgan fingerprint density at radius 1 is 0.912 bits per heavy atom. The minimum absolute atomic E-state index is 0.218. The molecule has 34 heavy (non-hydrogen) atoms. The summed E-state index contributed by atoms with van der Waals surface area (Å²) in [4.78, 5) is 4.50. The summed E-state index contributed by atoms with van der Waals surface area (Å²) in [5.74, 6) is 3.10. The van der Waals surface area contributed by atoms with Gasteiger partial charge in [-0.05, 0) is 48.9 Å². The molecule has 3 aromatic carbocycles. The van der Waals surface area contributed by atoms with Crippen molar-refractivity contribution in [2.45, 2.75) is 19.1 Å². The van der Waals surface area contributed by atoms with Gasteiger partial charge in [0, 0.05) is 16.7 Å². The van der Waals surface area contributed by atoms with E-state index >= 15 is 0 Å². The molecule has 7 nitrogen and oxygen atoms in total. The molecule has 0 amide bonds. The van der Waals surface area contributed by atoms with E-state index in [9.17, 15) is 0 Å². The van der Waals surface area contributed by atoms with Crippen LogP contribution in [0.2, 0.25) is 0 Å². The van der Waals surface area contributed by atoms with E-state index in [0.29, 0.717) is 5.95 Å². The number of methoxy groups -OCH3 is 2. The zero-order valence-corrected chi connectivity index (χ0v) is 19.1. The number of aromatic nitrogens is 3. The topological polar surface area (TPSA) is 70.4 Å². The molecule has 2 aliphatic rings. The number of aryl methyl sites for hydroxylation is 1. The van der Waals surface area contributed by atoms with Gasteiger partial charge in [-0.3, -0.25) is 0 Å². The van der Waals surface area contributed by atoms with Crippen molar-refractivity contribution in [3.63, 3.8) is 0 Å². The smallest absolute Gasteiger partial charge is 0.226 e. The van der Waals surface area contributed by atoms with E-state index in [4.69, 9.17) is 14.2 Å². The van der Waals surface area contributed by atoms with Gasteiger partial charge in [-0.25, -0.2) is 4.68 Å². The summed E-state index contributed by atoms with van der Waals surface area (Å²) in [5.41, 5.74) is 6.30. The van der Waals surface area contributed by atoms with E-state index < -0.39 is 0 Å². The van der Waals surface area contributed by atoms with Crippen LogP contribution in [0.15, 0.2) is 78.6 Å². The van der Waals surface area contributed by atoms with Crippen molar-refractivity contribution in [3.8, 4) is 17.2 Å². The Morgan fingerprint density at radius 2 is 1.74 bits per heavy atom. The third-order valence-electron chi connectivity index (χ3n) is 6.40. The van der Waals surface area contributed by atoms with Crippen molar-refractivity contribution in [1.82, 2.24) is 14.8 Å².